The van der Waals surface area contributed by atoms with Crippen LogP contribution in [0.5, 0.6) is 0 Å². The highest BCUT2D eigenvalue weighted by Crippen LogP contribution is 2.27. The van der Waals surface area contributed by atoms with Crippen molar-refractivity contribution in [2.24, 2.45) is 0 Å². The van der Waals surface area contributed by atoms with E-state index in [4.69, 9.17) is 0 Å². The molecule has 72 valence electrons. The molecule has 0 unspecified atom stereocenters. The normalized spacial score (nSPS) is 16.6. The van der Waals surface area contributed by atoms with Crippen LogP contribution in [0.4, 0.5) is 0 Å². The summed E-state index contributed by atoms with van der Waals surface area (Å²) in [4.78, 5) is 6.29. The van der Waals surface area contributed by atoms with E-state index in [1.54, 1.807) is 0 Å². The van der Waals surface area contributed by atoms with Gasteiger partial charge >= 0.3 is 0 Å². The monoisotopic (exact) mass is 186 g/mol. The highest BCUT2D eigenvalue weighted by molar-refractivity contribution is 5.89. The summed E-state index contributed by atoms with van der Waals surface area (Å²) >= 11 is 0. The Morgan fingerprint density at radius 2 is 2.21 bits per heavy atom. The van der Waals surface area contributed by atoms with Crippen LogP contribution in [0.1, 0.15) is 11.1 Å². The third kappa shape index (κ3) is 1.75. The molecule has 1 aliphatic rings. The molecular formula is C12H14N2. The molecule has 1 heterocycles. The van der Waals surface area contributed by atoms with E-state index in [2.05, 4.69) is 42.2 Å². The van der Waals surface area contributed by atoms with Crippen LogP contribution in [0.2, 0.25) is 0 Å². The lowest BCUT2D eigenvalue weighted by Gasteiger charge is -2.06. The average molecular weight is 186 g/mol. The predicted molar refractivity (Wildman–Crippen MR) is 59.8 cm³/mol. The van der Waals surface area contributed by atoms with Gasteiger partial charge in [-0.1, -0.05) is 18.2 Å². The molecule has 1 aromatic rings. The van der Waals surface area contributed by atoms with Gasteiger partial charge in [-0.25, -0.2) is 0 Å². The number of nitrogens with zero attached hydrogens (tertiary/aromatic N) is 2. The lowest BCUT2D eigenvalue weighted by atomic mass is 10.1. The first-order chi connectivity index (χ1) is 6.77. The number of hydrogen-bond donors (Lipinski definition) is 0. The molecule has 0 amide bonds. The van der Waals surface area contributed by atoms with Gasteiger partial charge in [0.2, 0.25) is 0 Å². The summed E-state index contributed by atoms with van der Waals surface area (Å²) in [7, 11) is 4.14. The maximum absolute atomic E-state index is 4.14. The first kappa shape index (κ1) is 9.16. The molecule has 2 nitrogen and oxygen atoms in total. The van der Waals surface area contributed by atoms with Crippen molar-refractivity contribution in [3.8, 4) is 0 Å². The minimum Gasteiger partial charge on any atom is -0.306 e. The number of fused-ring (bicyclic) bond motifs is 1. The zero-order valence-electron chi connectivity index (χ0n) is 8.57. The van der Waals surface area contributed by atoms with E-state index in [0.717, 1.165) is 6.54 Å². The Morgan fingerprint density at radius 1 is 1.36 bits per heavy atom. The maximum atomic E-state index is 4.14. The highest BCUT2D eigenvalue weighted by Gasteiger charge is 2.08. The number of pyridine rings is 1. The van der Waals surface area contributed by atoms with Gasteiger partial charge < -0.3 is 4.90 Å². The summed E-state index contributed by atoms with van der Waals surface area (Å²) in [5.74, 6) is 0. The van der Waals surface area contributed by atoms with Crippen LogP contribution < -0.4 is 0 Å². The molecule has 2 rings (SSSR count). The fourth-order valence-electron chi connectivity index (χ4n) is 1.52. The molecule has 0 saturated carbocycles. The second-order valence-electron chi connectivity index (χ2n) is 3.72. The Morgan fingerprint density at radius 3 is 3.00 bits per heavy atom. The quantitative estimate of drug-likeness (QED) is 0.702. The van der Waals surface area contributed by atoms with Crippen molar-refractivity contribution in [2.75, 3.05) is 20.6 Å². The van der Waals surface area contributed by atoms with Gasteiger partial charge in [0, 0.05) is 24.5 Å². The van der Waals surface area contributed by atoms with Gasteiger partial charge in [-0.3, -0.25) is 4.98 Å². The van der Waals surface area contributed by atoms with Gasteiger partial charge in [0.05, 0.1) is 0 Å². The maximum Gasteiger partial charge on any atom is 0.0352 e. The molecule has 0 aliphatic heterocycles. The van der Waals surface area contributed by atoms with Crippen molar-refractivity contribution in [1.82, 2.24) is 9.88 Å². The van der Waals surface area contributed by atoms with Crippen molar-refractivity contribution in [1.29, 1.82) is 0 Å². The molecule has 1 aliphatic carbocycles. The first-order valence-electron chi connectivity index (χ1n) is 4.75. The number of likely N-dealkylation sites (N-methyl/N-ethyl adjacent to an activating group) is 1. The largest absolute Gasteiger partial charge is 0.306 e. The molecule has 0 N–H and O–H groups in total. The lowest BCUT2D eigenvalue weighted by Crippen LogP contribution is -2.10. The van der Waals surface area contributed by atoms with Crippen molar-refractivity contribution in [3.63, 3.8) is 0 Å². The minimum absolute atomic E-state index is 0.966. The first-order valence-corrected chi connectivity index (χ1v) is 4.75. The zero-order chi connectivity index (χ0) is 9.97. The lowest BCUT2D eigenvalue weighted by molar-refractivity contribution is 0.457. The van der Waals surface area contributed by atoms with Crippen LogP contribution in [-0.4, -0.2) is 30.5 Å². The molecule has 1 aromatic heterocycles. The second kappa shape index (κ2) is 3.76. The van der Waals surface area contributed by atoms with E-state index in [0.29, 0.717) is 0 Å². The number of allylic oxidation sites excluding steroid dienone is 2. The fourth-order valence-corrected chi connectivity index (χ4v) is 1.52. The fraction of sp³-hybridized carbons (Fsp3) is 0.250. The average Bonchev–Trinajstić information content (AvgIpc) is 2.58. The number of aromatic nitrogens is 1. The Kier molecular flexibility index (Phi) is 2.46. The summed E-state index contributed by atoms with van der Waals surface area (Å²) in [5.41, 5.74) is 3.79. The molecule has 0 bridgehead atoms. The Balaban J connectivity index is 2.26. The van der Waals surface area contributed by atoms with Crippen LogP contribution in [0, 0.1) is 0 Å². The molecule has 0 fully saturated rings. The Labute approximate surface area is 84.6 Å². The molecule has 0 radical (unpaired) electrons. The van der Waals surface area contributed by atoms with Gasteiger partial charge in [-0.2, -0.15) is 0 Å². The highest BCUT2D eigenvalue weighted by atomic mass is 15.0. The summed E-state index contributed by atoms with van der Waals surface area (Å²) < 4.78 is 0. The molecular weight excluding hydrogens is 172 g/mol. The van der Waals surface area contributed by atoms with Crippen LogP contribution in [0.15, 0.2) is 30.6 Å². The van der Waals surface area contributed by atoms with Crippen molar-refractivity contribution in [3.05, 3.63) is 41.7 Å². The predicted octanol–water partition coefficient (Wildman–Crippen LogP) is 2.05. The van der Waals surface area contributed by atoms with Gasteiger partial charge in [0.1, 0.15) is 0 Å². The topological polar surface area (TPSA) is 16.1 Å². The molecule has 0 spiro atoms. The van der Waals surface area contributed by atoms with Gasteiger partial charge in [-0.05, 0) is 31.3 Å². The van der Waals surface area contributed by atoms with E-state index >= 15 is 0 Å². The Hall–Kier alpha value is -1.41. The van der Waals surface area contributed by atoms with Crippen molar-refractivity contribution >= 4 is 11.6 Å². The van der Waals surface area contributed by atoms with Crippen LogP contribution in [0.25, 0.3) is 11.6 Å². The third-order valence-corrected chi connectivity index (χ3v) is 2.28. The zero-order valence-corrected chi connectivity index (χ0v) is 8.57. The molecule has 2 heteroatoms. The van der Waals surface area contributed by atoms with Crippen molar-refractivity contribution in [2.45, 2.75) is 0 Å². The number of hydrogen-bond acceptors (Lipinski definition) is 2. The van der Waals surface area contributed by atoms with E-state index in [1.165, 1.54) is 16.7 Å². The summed E-state index contributed by atoms with van der Waals surface area (Å²) in [5, 5.41) is 0. The van der Waals surface area contributed by atoms with E-state index in [1.807, 2.05) is 18.5 Å². The summed E-state index contributed by atoms with van der Waals surface area (Å²) in [6.45, 7) is 0.966. The van der Waals surface area contributed by atoms with Gasteiger partial charge in [0.15, 0.2) is 0 Å². The molecule has 14 heavy (non-hydrogen) atoms. The van der Waals surface area contributed by atoms with Gasteiger partial charge in [0.25, 0.3) is 0 Å². The molecule has 0 atom stereocenters. The standard InChI is InChI=1S/C12H14N2/c1-14(2)8-6-11-4-3-10-5-7-13-9-12(10)11/h3-7,9H,8H2,1-2H3/b11-6+. The summed E-state index contributed by atoms with van der Waals surface area (Å²) in [6.07, 6.45) is 10.3. The van der Waals surface area contributed by atoms with Crippen molar-refractivity contribution < 1.29 is 0 Å². The second-order valence-corrected chi connectivity index (χ2v) is 3.72. The number of rotatable bonds is 2. The Bertz CT molecular complexity index is 389. The van der Waals surface area contributed by atoms with Crippen LogP contribution in [-0.2, 0) is 0 Å². The third-order valence-electron chi connectivity index (χ3n) is 2.28. The minimum atomic E-state index is 0.966. The van der Waals surface area contributed by atoms with E-state index in [-0.39, 0.29) is 0 Å². The van der Waals surface area contributed by atoms with E-state index < -0.39 is 0 Å². The van der Waals surface area contributed by atoms with Crippen LogP contribution in [0.3, 0.4) is 0 Å². The molecule has 0 aromatic carbocycles. The van der Waals surface area contributed by atoms with E-state index in [9.17, 15) is 0 Å². The molecule has 0 saturated heterocycles. The van der Waals surface area contributed by atoms with Crippen LogP contribution >= 0.6 is 0 Å². The SMILES string of the molecule is CN(C)C/C=C1\C=Cc2ccncc21. The summed E-state index contributed by atoms with van der Waals surface area (Å²) in [6, 6.07) is 2.04. The smallest absolute Gasteiger partial charge is 0.0352 e. The van der Waals surface area contributed by atoms with Gasteiger partial charge in [-0.15, -0.1) is 0 Å².